The molecule has 1 aliphatic carbocycles. The normalized spacial score (nSPS) is 26.9. The zero-order valence-electron chi connectivity index (χ0n) is 17.6. The molecule has 1 aromatic rings. The zero-order chi connectivity index (χ0) is 20.6. The highest BCUT2D eigenvalue weighted by molar-refractivity contribution is 6.00. The molecule has 0 spiro atoms. The Morgan fingerprint density at radius 1 is 1.18 bits per heavy atom. The summed E-state index contributed by atoms with van der Waals surface area (Å²) in [4.78, 5) is 25.8. The number of benzene rings is 1. The second-order valence-electron chi connectivity index (χ2n) is 9.02. The predicted molar refractivity (Wildman–Crippen MR) is 109 cm³/mol. The van der Waals surface area contributed by atoms with Crippen molar-refractivity contribution < 1.29 is 19.4 Å². The number of ether oxygens (including phenoxy) is 1. The summed E-state index contributed by atoms with van der Waals surface area (Å²) in [6.07, 6.45) is 2.46. The van der Waals surface area contributed by atoms with Crippen LogP contribution in [0.25, 0.3) is 0 Å². The van der Waals surface area contributed by atoms with Gasteiger partial charge < -0.3 is 9.84 Å². The van der Waals surface area contributed by atoms with E-state index in [1.165, 1.54) is 0 Å². The standard InChI is InChI=1S/C24H32O4/c1-13(2)11-20(27)24-16(5)17-10-9-15(4)22(17)21(28-24)12-19(26)23-14(3)7-6-8-18(23)25/h6-8,13,15,17,21-22,25H,9-12H2,1-5H3/t15-,17+,21-,22+/m0/s1. The molecule has 152 valence electrons. The van der Waals surface area contributed by atoms with Gasteiger partial charge in [-0.3, -0.25) is 9.59 Å². The van der Waals surface area contributed by atoms with Gasteiger partial charge in [-0.1, -0.05) is 32.9 Å². The summed E-state index contributed by atoms with van der Waals surface area (Å²) in [5, 5.41) is 10.2. The summed E-state index contributed by atoms with van der Waals surface area (Å²) in [6, 6.07) is 5.12. The van der Waals surface area contributed by atoms with E-state index in [-0.39, 0.29) is 41.7 Å². The van der Waals surface area contributed by atoms with Crippen LogP contribution in [0.3, 0.4) is 0 Å². The number of Topliss-reactive ketones (excluding diaryl/α,β-unsaturated/α-hetero) is 2. The molecule has 0 bridgehead atoms. The van der Waals surface area contributed by atoms with E-state index in [4.69, 9.17) is 4.74 Å². The van der Waals surface area contributed by atoms with Crippen molar-refractivity contribution >= 4 is 11.6 Å². The van der Waals surface area contributed by atoms with Gasteiger partial charge in [-0.15, -0.1) is 0 Å². The van der Waals surface area contributed by atoms with Gasteiger partial charge in [0.1, 0.15) is 11.9 Å². The largest absolute Gasteiger partial charge is 0.507 e. The lowest BCUT2D eigenvalue weighted by molar-refractivity contribution is -0.123. The van der Waals surface area contributed by atoms with Crippen LogP contribution in [-0.2, 0) is 9.53 Å². The molecule has 4 heteroatoms. The number of fused-ring (bicyclic) bond motifs is 1. The summed E-state index contributed by atoms with van der Waals surface area (Å²) in [5.74, 6) is 1.68. The first-order valence-corrected chi connectivity index (χ1v) is 10.4. The number of rotatable bonds is 6. The summed E-state index contributed by atoms with van der Waals surface area (Å²) < 4.78 is 6.25. The van der Waals surface area contributed by atoms with Crippen molar-refractivity contribution in [2.45, 2.75) is 66.4 Å². The molecule has 0 saturated heterocycles. The molecular formula is C24H32O4. The van der Waals surface area contributed by atoms with Gasteiger partial charge in [0, 0.05) is 18.8 Å². The Kier molecular flexibility index (Phi) is 5.97. The third kappa shape index (κ3) is 3.87. The highest BCUT2D eigenvalue weighted by Gasteiger charge is 2.46. The van der Waals surface area contributed by atoms with Crippen LogP contribution in [0.2, 0.25) is 0 Å². The fraction of sp³-hybridized carbons (Fsp3) is 0.583. The number of aryl methyl sites for hydroxylation is 1. The zero-order valence-corrected chi connectivity index (χ0v) is 17.6. The third-order valence-corrected chi connectivity index (χ3v) is 6.43. The van der Waals surface area contributed by atoms with Gasteiger partial charge in [-0.05, 0) is 61.6 Å². The molecule has 3 rings (SSSR count). The number of phenolic OH excluding ortho intramolecular Hbond substituents is 1. The summed E-state index contributed by atoms with van der Waals surface area (Å²) in [5.41, 5.74) is 2.19. The molecule has 0 aromatic heterocycles. The van der Waals surface area contributed by atoms with E-state index < -0.39 is 0 Å². The summed E-state index contributed by atoms with van der Waals surface area (Å²) >= 11 is 0. The monoisotopic (exact) mass is 384 g/mol. The highest BCUT2D eigenvalue weighted by atomic mass is 16.5. The molecule has 1 aliphatic heterocycles. The average molecular weight is 385 g/mol. The first-order chi connectivity index (χ1) is 13.2. The molecule has 1 aromatic carbocycles. The number of carbonyl (C=O) groups excluding carboxylic acids is 2. The molecule has 4 atom stereocenters. The second kappa shape index (κ2) is 8.10. The minimum atomic E-state index is -0.316. The Hall–Kier alpha value is -2.10. The maximum atomic E-state index is 13.0. The van der Waals surface area contributed by atoms with Crippen LogP contribution in [0.4, 0.5) is 0 Å². The molecule has 2 aliphatic rings. The Labute approximate surface area is 168 Å². The average Bonchev–Trinajstić information content (AvgIpc) is 2.99. The minimum Gasteiger partial charge on any atom is -0.507 e. The topological polar surface area (TPSA) is 63.6 Å². The fourth-order valence-electron chi connectivity index (χ4n) is 5.07. The Morgan fingerprint density at radius 3 is 2.54 bits per heavy atom. The molecule has 4 nitrogen and oxygen atoms in total. The lowest BCUT2D eigenvalue weighted by Crippen LogP contribution is -2.38. The third-order valence-electron chi connectivity index (χ3n) is 6.43. The molecule has 0 unspecified atom stereocenters. The van der Waals surface area contributed by atoms with E-state index >= 15 is 0 Å². The van der Waals surface area contributed by atoms with Gasteiger partial charge in [0.05, 0.1) is 5.56 Å². The van der Waals surface area contributed by atoms with Crippen LogP contribution in [-0.4, -0.2) is 22.8 Å². The molecule has 0 amide bonds. The molecule has 1 N–H and O–H groups in total. The molecular weight excluding hydrogens is 352 g/mol. The lowest BCUT2D eigenvalue weighted by Gasteiger charge is -2.38. The van der Waals surface area contributed by atoms with E-state index in [0.29, 0.717) is 29.6 Å². The minimum absolute atomic E-state index is 0.0136. The van der Waals surface area contributed by atoms with Gasteiger partial charge in [0.2, 0.25) is 0 Å². The number of hydrogen-bond acceptors (Lipinski definition) is 4. The van der Waals surface area contributed by atoms with Gasteiger partial charge in [0.15, 0.2) is 17.3 Å². The maximum Gasteiger partial charge on any atom is 0.197 e. The first-order valence-electron chi connectivity index (χ1n) is 10.4. The Bertz CT molecular complexity index is 785. The van der Waals surface area contributed by atoms with E-state index in [1.807, 2.05) is 33.8 Å². The molecule has 1 saturated carbocycles. The summed E-state index contributed by atoms with van der Waals surface area (Å²) in [6.45, 7) is 10.1. The lowest BCUT2D eigenvalue weighted by atomic mass is 9.76. The van der Waals surface area contributed by atoms with Crippen molar-refractivity contribution in [3.8, 4) is 5.75 Å². The number of aromatic hydroxyl groups is 1. The Balaban J connectivity index is 1.89. The Morgan fingerprint density at radius 2 is 1.89 bits per heavy atom. The number of ketones is 2. The molecule has 0 radical (unpaired) electrons. The first kappa shape index (κ1) is 20.6. The highest BCUT2D eigenvalue weighted by Crippen LogP contribution is 2.49. The SMILES string of the molecule is CC1=C(C(=O)CC(C)C)O[C@@H](CC(=O)c2c(C)cccc2O)[C@H]2[C@@H]1CC[C@@H]2C. The van der Waals surface area contributed by atoms with Crippen molar-refractivity contribution in [2.24, 2.45) is 23.7 Å². The number of carbonyl (C=O) groups is 2. The summed E-state index contributed by atoms with van der Waals surface area (Å²) in [7, 11) is 0. The van der Waals surface area contributed by atoms with Crippen molar-refractivity contribution in [2.75, 3.05) is 0 Å². The van der Waals surface area contributed by atoms with E-state index in [1.54, 1.807) is 12.1 Å². The number of phenols is 1. The predicted octanol–water partition coefficient (Wildman–Crippen LogP) is 5.22. The molecule has 28 heavy (non-hydrogen) atoms. The number of hydrogen-bond donors (Lipinski definition) is 1. The maximum absolute atomic E-state index is 13.0. The van der Waals surface area contributed by atoms with Gasteiger partial charge in [-0.25, -0.2) is 0 Å². The van der Waals surface area contributed by atoms with E-state index in [0.717, 1.165) is 24.0 Å². The second-order valence-corrected chi connectivity index (χ2v) is 9.02. The van der Waals surface area contributed by atoms with Crippen LogP contribution >= 0.6 is 0 Å². The van der Waals surface area contributed by atoms with Crippen LogP contribution in [0.15, 0.2) is 29.5 Å². The fourth-order valence-corrected chi connectivity index (χ4v) is 5.07. The molecule has 1 heterocycles. The van der Waals surface area contributed by atoms with Gasteiger partial charge in [0.25, 0.3) is 0 Å². The van der Waals surface area contributed by atoms with Gasteiger partial charge >= 0.3 is 0 Å². The quantitative estimate of drug-likeness (QED) is 0.683. The van der Waals surface area contributed by atoms with Crippen LogP contribution < -0.4 is 0 Å². The van der Waals surface area contributed by atoms with Crippen LogP contribution in [0, 0.1) is 30.6 Å². The van der Waals surface area contributed by atoms with E-state index in [2.05, 4.69) is 6.92 Å². The molecule has 1 fully saturated rings. The van der Waals surface area contributed by atoms with Crippen LogP contribution in [0.5, 0.6) is 5.75 Å². The van der Waals surface area contributed by atoms with E-state index in [9.17, 15) is 14.7 Å². The van der Waals surface area contributed by atoms with Crippen molar-refractivity contribution in [1.82, 2.24) is 0 Å². The van der Waals surface area contributed by atoms with Gasteiger partial charge in [-0.2, -0.15) is 0 Å². The number of allylic oxidation sites excluding steroid dienone is 2. The van der Waals surface area contributed by atoms with Crippen molar-refractivity contribution in [3.05, 3.63) is 40.7 Å². The smallest absolute Gasteiger partial charge is 0.197 e. The van der Waals surface area contributed by atoms with Crippen LogP contribution in [0.1, 0.15) is 69.3 Å². The van der Waals surface area contributed by atoms with Crippen molar-refractivity contribution in [1.29, 1.82) is 0 Å². The van der Waals surface area contributed by atoms with Crippen molar-refractivity contribution in [3.63, 3.8) is 0 Å².